The molecule has 0 aliphatic heterocycles. The zero-order chi connectivity index (χ0) is 9.68. The van der Waals surface area contributed by atoms with E-state index in [0.717, 1.165) is 5.82 Å². The average Bonchev–Trinajstić information content (AvgIpc) is 2.19. The molecular weight excluding hydrogens is 164 g/mol. The summed E-state index contributed by atoms with van der Waals surface area (Å²) in [6.45, 7) is 2.31. The second-order valence-electron chi connectivity index (χ2n) is 2.94. The van der Waals surface area contributed by atoms with Crippen LogP contribution in [0.1, 0.15) is 13.3 Å². The van der Waals surface area contributed by atoms with Crippen molar-refractivity contribution < 1.29 is 4.79 Å². The largest absolute Gasteiger partial charge is 0.352 e. The van der Waals surface area contributed by atoms with Gasteiger partial charge in [-0.2, -0.15) is 0 Å². The van der Waals surface area contributed by atoms with Gasteiger partial charge in [0, 0.05) is 19.7 Å². The standard InChI is InChI=1S/C10H14N2O/c1-3-9(13)8-12(2)10-6-4-5-7-11-10/h4-7H,3,8H2,1-2H3. The summed E-state index contributed by atoms with van der Waals surface area (Å²) >= 11 is 0. The third kappa shape index (κ3) is 2.86. The van der Waals surface area contributed by atoms with Gasteiger partial charge in [0.25, 0.3) is 0 Å². The van der Waals surface area contributed by atoms with E-state index in [0.29, 0.717) is 13.0 Å². The van der Waals surface area contributed by atoms with Crippen LogP contribution in [-0.4, -0.2) is 24.4 Å². The number of carbonyl (C=O) groups excluding carboxylic acids is 1. The molecule has 1 heterocycles. The Morgan fingerprint density at radius 2 is 2.31 bits per heavy atom. The number of pyridine rings is 1. The Morgan fingerprint density at radius 1 is 1.54 bits per heavy atom. The van der Waals surface area contributed by atoms with Crippen LogP contribution in [0.3, 0.4) is 0 Å². The van der Waals surface area contributed by atoms with Gasteiger partial charge < -0.3 is 4.90 Å². The SMILES string of the molecule is CCC(=O)CN(C)c1ccccn1. The van der Waals surface area contributed by atoms with Crippen LogP contribution in [0.25, 0.3) is 0 Å². The summed E-state index contributed by atoms with van der Waals surface area (Å²) in [6, 6.07) is 5.66. The molecule has 1 aromatic rings. The lowest BCUT2D eigenvalue weighted by Gasteiger charge is -2.16. The molecule has 0 aliphatic rings. The lowest BCUT2D eigenvalue weighted by atomic mass is 10.3. The number of nitrogens with zero attached hydrogens (tertiary/aromatic N) is 2. The van der Waals surface area contributed by atoms with Crippen LogP contribution in [0.5, 0.6) is 0 Å². The van der Waals surface area contributed by atoms with Crippen molar-refractivity contribution in [2.75, 3.05) is 18.5 Å². The van der Waals surface area contributed by atoms with Gasteiger partial charge in [0.1, 0.15) is 5.82 Å². The van der Waals surface area contributed by atoms with E-state index in [1.165, 1.54) is 0 Å². The molecule has 0 amide bonds. The number of anilines is 1. The molecule has 0 fully saturated rings. The molecule has 13 heavy (non-hydrogen) atoms. The molecule has 0 radical (unpaired) electrons. The second kappa shape index (κ2) is 4.60. The maximum Gasteiger partial charge on any atom is 0.151 e. The van der Waals surface area contributed by atoms with Gasteiger partial charge in [-0.1, -0.05) is 13.0 Å². The quantitative estimate of drug-likeness (QED) is 0.700. The molecule has 0 saturated carbocycles. The van der Waals surface area contributed by atoms with Crippen molar-refractivity contribution in [1.29, 1.82) is 0 Å². The molecule has 70 valence electrons. The summed E-state index contributed by atoms with van der Waals surface area (Å²) in [6.07, 6.45) is 2.30. The van der Waals surface area contributed by atoms with Crippen molar-refractivity contribution in [2.45, 2.75) is 13.3 Å². The molecular formula is C10H14N2O. The van der Waals surface area contributed by atoms with Crippen molar-refractivity contribution in [2.24, 2.45) is 0 Å². The summed E-state index contributed by atoms with van der Waals surface area (Å²) in [5.74, 6) is 1.07. The van der Waals surface area contributed by atoms with E-state index in [2.05, 4.69) is 4.98 Å². The number of Topliss-reactive ketones (excluding diaryl/α,β-unsaturated/α-hetero) is 1. The van der Waals surface area contributed by atoms with Crippen LogP contribution in [0, 0.1) is 0 Å². The summed E-state index contributed by atoms with van der Waals surface area (Å²) in [4.78, 5) is 17.1. The maximum absolute atomic E-state index is 11.1. The Morgan fingerprint density at radius 3 is 2.85 bits per heavy atom. The van der Waals surface area contributed by atoms with Crippen LogP contribution in [0.15, 0.2) is 24.4 Å². The smallest absolute Gasteiger partial charge is 0.151 e. The first-order valence-corrected chi connectivity index (χ1v) is 4.38. The molecule has 3 nitrogen and oxygen atoms in total. The zero-order valence-electron chi connectivity index (χ0n) is 8.03. The van der Waals surface area contributed by atoms with Gasteiger partial charge in [-0.25, -0.2) is 4.98 Å². The lowest BCUT2D eigenvalue weighted by Crippen LogP contribution is -2.25. The molecule has 1 aromatic heterocycles. The molecule has 0 N–H and O–H groups in total. The molecule has 0 bridgehead atoms. The number of ketones is 1. The highest BCUT2D eigenvalue weighted by Crippen LogP contribution is 2.05. The Labute approximate surface area is 78.4 Å². The van der Waals surface area contributed by atoms with Gasteiger partial charge >= 0.3 is 0 Å². The molecule has 0 aliphatic carbocycles. The van der Waals surface area contributed by atoms with E-state index < -0.39 is 0 Å². The second-order valence-corrected chi connectivity index (χ2v) is 2.94. The van der Waals surface area contributed by atoms with Crippen LogP contribution in [0.2, 0.25) is 0 Å². The molecule has 0 aromatic carbocycles. The van der Waals surface area contributed by atoms with E-state index in [9.17, 15) is 4.79 Å². The summed E-state index contributed by atoms with van der Waals surface area (Å²) in [5.41, 5.74) is 0. The maximum atomic E-state index is 11.1. The van der Waals surface area contributed by atoms with E-state index in [1.54, 1.807) is 6.20 Å². The fourth-order valence-electron chi connectivity index (χ4n) is 1.04. The lowest BCUT2D eigenvalue weighted by molar-refractivity contribution is -0.117. The topological polar surface area (TPSA) is 33.2 Å². The molecule has 0 spiro atoms. The van der Waals surface area contributed by atoms with Gasteiger partial charge in [0.15, 0.2) is 5.78 Å². The van der Waals surface area contributed by atoms with Crippen LogP contribution in [-0.2, 0) is 4.79 Å². The number of carbonyl (C=O) groups is 1. The first-order valence-electron chi connectivity index (χ1n) is 4.38. The summed E-state index contributed by atoms with van der Waals surface area (Å²) in [7, 11) is 1.87. The fourth-order valence-corrected chi connectivity index (χ4v) is 1.04. The molecule has 1 rings (SSSR count). The van der Waals surface area contributed by atoms with Crippen molar-refractivity contribution in [1.82, 2.24) is 4.98 Å². The molecule has 0 atom stereocenters. The third-order valence-electron chi connectivity index (χ3n) is 1.85. The number of aromatic nitrogens is 1. The van der Waals surface area contributed by atoms with Gasteiger partial charge in [0.2, 0.25) is 0 Å². The number of likely N-dealkylation sites (N-methyl/N-ethyl adjacent to an activating group) is 1. The summed E-state index contributed by atoms with van der Waals surface area (Å²) < 4.78 is 0. The minimum Gasteiger partial charge on any atom is -0.352 e. The van der Waals surface area contributed by atoms with Gasteiger partial charge in [0.05, 0.1) is 6.54 Å². The van der Waals surface area contributed by atoms with E-state index >= 15 is 0 Å². The van der Waals surface area contributed by atoms with Crippen molar-refractivity contribution >= 4 is 11.6 Å². The van der Waals surface area contributed by atoms with Crippen molar-refractivity contribution in [3.63, 3.8) is 0 Å². The molecule has 3 heteroatoms. The van der Waals surface area contributed by atoms with Gasteiger partial charge in [-0.05, 0) is 12.1 Å². The Balaban J connectivity index is 2.59. The normalized spacial score (nSPS) is 9.69. The zero-order valence-corrected chi connectivity index (χ0v) is 8.03. The number of rotatable bonds is 4. The van der Waals surface area contributed by atoms with Crippen LogP contribution >= 0.6 is 0 Å². The first kappa shape index (κ1) is 9.71. The van der Waals surface area contributed by atoms with Crippen molar-refractivity contribution in [3.05, 3.63) is 24.4 Å². The monoisotopic (exact) mass is 178 g/mol. The Kier molecular flexibility index (Phi) is 3.43. The number of hydrogen-bond donors (Lipinski definition) is 0. The minimum atomic E-state index is 0.230. The van der Waals surface area contributed by atoms with Gasteiger partial charge in [-0.3, -0.25) is 4.79 Å². The predicted molar refractivity (Wildman–Crippen MR) is 52.8 cm³/mol. The molecule has 0 unspecified atom stereocenters. The van der Waals surface area contributed by atoms with E-state index in [-0.39, 0.29) is 5.78 Å². The Bertz CT molecular complexity index is 272. The van der Waals surface area contributed by atoms with Crippen LogP contribution < -0.4 is 4.90 Å². The fraction of sp³-hybridized carbons (Fsp3) is 0.400. The van der Waals surface area contributed by atoms with Crippen molar-refractivity contribution in [3.8, 4) is 0 Å². The molecule has 0 saturated heterocycles. The van der Waals surface area contributed by atoms with Gasteiger partial charge in [-0.15, -0.1) is 0 Å². The first-order chi connectivity index (χ1) is 6.24. The van der Waals surface area contributed by atoms with E-state index in [1.807, 2.05) is 37.1 Å². The van der Waals surface area contributed by atoms with Crippen LogP contribution in [0.4, 0.5) is 5.82 Å². The average molecular weight is 178 g/mol. The predicted octanol–water partition coefficient (Wildman–Crippen LogP) is 1.50. The third-order valence-corrected chi connectivity index (χ3v) is 1.85. The highest BCUT2D eigenvalue weighted by Gasteiger charge is 2.05. The minimum absolute atomic E-state index is 0.230. The van der Waals surface area contributed by atoms with E-state index in [4.69, 9.17) is 0 Å². The number of hydrogen-bond acceptors (Lipinski definition) is 3. The highest BCUT2D eigenvalue weighted by molar-refractivity contribution is 5.82. The summed E-state index contributed by atoms with van der Waals surface area (Å²) in [5, 5.41) is 0. The highest BCUT2D eigenvalue weighted by atomic mass is 16.1. The Hall–Kier alpha value is -1.38.